The standard InChI is InChI=1S/C16H18BrN3O5/c1-3-11-13(15(22)24-4-2)12(20-16(23)19-11)8-25-14(21)9-5-10(17)7-18-6-9/h5-7,11H,3-4,8H2,1-2H3,(H2,19,20,23)/t11-/m1/s1. The van der Waals surface area contributed by atoms with Crippen molar-refractivity contribution < 1.29 is 23.9 Å². The maximum Gasteiger partial charge on any atom is 0.340 e. The lowest BCUT2D eigenvalue weighted by Gasteiger charge is -2.28. The molecule has 2 amide bonds. The van der Waals surface area contributed by atoms with Crippen molar-refractivity contribution in [3.8, 4) is 0 Å². The van der Waals surface area contributed by atoms with Gasteiger partial charge in [0.15, 0.2) is 0 Å². The molecular weight excluding hydrogens is 394 g/mol. The topological polar surface area (TPSA) is 107 Å². The first kappa shape index (κ1) is 18.9. The highest BCUT2D eigenvalue weighted by Crippen LogP contribution is 2.18. The Kier molecular flexibility index (Phi) is 6.51. The van der Waals surface area contributed by atoms with Crippen LogP contribution < -0.4 is 10.6 Å². The van der Waals surface area contributed by atoms with Crippen molar-refractivity contribution in [1.29, 1.82) is 0 Å². The van der Waals surface area contributed by atoms with Crippen molar-refractivity contribution in [2.45, 2.75) is 26.3 Å². The summed E-state index contributed by atoms with van der Waals surface area (Å²) < 4.78 is 10.9. The van der Waals surface area contributed by atoms with Crippen LogP contribution in [0.25, 0.3) is 0 Å². The molecule has 2 rings (SSSR count). The van der Waals surface area contributed by atoms with Gasteiger partial charge in [0.05, 0.1) is 29.5 Å². The van der Waals surface area contributed by atoms with Crippen LogP contribution in [0.15, 0.2) is 34.2 Å². The summed E-state index contributed by atoms with van der Waals surface area (Å²) in [6, 6.07) is 0.593. The first-order valence-corrected chi connectivity index (χ1v) is 8.50. The van der Waals surface area contributed by atoms with Crippen molar-refractivity contribution in [3.05, 3.63) is 39.8 Å². The number of pyridine rings is 1. The van der Waals surface area contributed by atoms with Gasteiger partial charge in [0.1, 0.15) is 6.61 Å². The number of nitrogens with zero attached hydrogens (tertiary/aromatic N) is 1. The van der Waals surface area contributed by atoms with Gasteiger partial charge in [-0.15, -0.1) is 0 Å². The number of rotatable bonds is 6. The SMILES string of the molecule is CCOC(=O)C1=C(COC(=O)c2cncc(Br)c2)NC(=O)N[C@@H]1CC. The van der Waals surface area contributed by atoms with Crippen LogP contribution in [-0.2, 0) is 14.3 Å². The average molecular weight is 412 g/mol. The van der Waals surface area contributed by atoms with E-state index in [4.69, 9.17) is 9.47 Å². The quantitative estimate of drug-likeness (QED) is 0.692. The van der Waals surface area contributed by atoms with Gasteiger partial charge in [-0.2, -0.15) is 0 Å². The summed E-state index contributed by atoms with van der Waals surface area (Å²) in [5.41, 5.74) is 0.717. The van der Waals surface area contributed by atoms with Gasteiger partial charge in [0.2, 0.25) is 0 Å². The van der Waals surface area contributed by atoms with Crippen molar-refractivity contribution in [2.24, 2.45) is 0 Å². The summed E-state index contributed by atoms with van der Waals surface area (Å²) in [5.74, 6) is -1.18. The summed E-state index contributed by atoms with van der Waals surface area (Å²) in [6.07, 6.45) is 3.40. The first-order valence-electron chi connectivity index (χ1n) is 7.71. The van der Waals surface area contributed by atoms with Crippen LogP contribution in [0, 0.1) is 0 Å². The second kappa shape index (κ2) is 8.61. The van der Waals surface area contributed by atoms with Crippen molar-refractivity contribution in [1.82, 2.24) is 15.6 Å². The molecule has 0 aromatic carbocycles. The fraction of sp³-hybridized carbons (Fsp3) is 0.375. The van der Waals surface area contributed by atoms with Crippen molar-refractivity contribution in [3.63, 3.8) is 0 Å². The number of hydrogen-bond donors (Lipinski definition) is 2. The molecule has 2 N–H and O–H groups in total. The fourth-order valence-corrected chi connectivity index (χ4v) is 2.68. The number of amides is 2. The highest BCUT2D eigenvalue weighted by molar-refractivity contribution is 9.10. The van der Waals surface area contributed by atoms with Crippen LogP contribution in [-0.4, -0.2) is 42.2 Å². The predicted molar refractivity (Wildman–Crippen MR) is 91.6 cm³/mol. The molecule has 1 aromatic rings. The molecule has 1 aliphatic rings. The monoisotopic (exact) mass is 411 g/mol. The van der Waals surface area contributed by atoms with E-state index in [1.165, 1.54) is 12.4 Å². The van der Waals surface area contributed by atoms with Gasteiger partial charge < -0.3 is 20.1 Å². The Morgan fingerprint density at radius 3 is 2.64 bits per heavy atom. The number of ether oxygens (including phenoxy) is 2. The highest BCUT2D eigenvalue weighted by Gasteiger charge is 2.32. The molecule has 0 saturated carbocycles. The molecule has 0 saturated heterocycles. The summed E-state index contributed by atoms with van der Waals surface area (Å²) in [4.78, 5) is 40.0. The Morgan fingerprint density at radius 2 is 2.00 bits per heavy atom. The summed E-state index contributed by atoms with van der Waals surface area (Å²) in [6.45, 7) is 3.45. The highest BCUT2D eigenvalue weighted by atomic mass is 79.9. The first-order chi connectivity index (χ1) is 12.0. The van der Waals surface area contributed by atoms with E-state index in [1.54, 1.807) is 13.0 Å². The van der Waals surface area contributed by atoms with Crippen LogP contribution in [0.5, 0.6) is 0 Å². The van der Waals surface area contributed by atoms with Crippen LogP contribution in [0.1, 0.15) is 30.6 Å². The van der Waals surface area contributed by atoms with E-state index in [1.807, 2.05) is 6.92 Å². The minimum absolute atomic E-state index is 0.198. The molecule has 0 fully saturated rings. The van der Waals surface area contributed by atoms with Crippen molar-refractivity contribution in [2.75, 3.05) is 13.2 Å². The zero-order chi connectivity index (χ0) is 18.4. The van der Waals surface area contributed by atoms with Gasteiger partial charge in [-0.1, -0.05) is 6.92 Å². The molecule has 8 nitrogen and oxygen atoms in total. The predicted octanol–water partition coefficient (Wildman–Crippen LogP) is 1.91. The Bertz CT molecular complexity index is 719. The summed E-state index contributed by atoms with van der Waals surface area (Å²) in [7, 11) is 0. The van der Waals surface area contributed by atoms with Crippen LogP contribution in [0.3, 0.4) is 0 Å². The largest absolute Gasteiger partial charge is 0.463 e. The van der Waals surface area contributed by atoms with Gasteiger partial charge in [-0.05, 0) is 35.3 Å². The van der Waals surface area contributed by atoms with Gasteiger partial charge in [0, 0.05) is 16.9 Å². The van der Waals surface area contributed by atoms with E-state index < -0.39 is 24.0 Å². The third-order valence-corrected chi connectivity index (χ3v) is 3.87. The number of nitrogens with one attached hydrogen (secondary N) is 2. The van der Waals surface area contributed by atoms with E-state index in [2.05, 4.69) is 31.5 Å². The third-order valence-electron chi connectivity index (χ3n) is 3.44. The Hall–Kier alpha value is -2.42. The number of carbonyl (C=O) groups excluding carboxylic acids is 3. The van der Waals surface area contributed by atoms with Gasteiger partial charge in [0.25, 0.3) is 0 Å². The molecule has 134 valence electrons. The van der Waals surface area contributed by atoms with Gasteiger partial charge >= 0.3 is 18.0 Å². The van der Waals surface area contributed by atoms with Crippen molar-refractivity contribution >= 4 is 33.9 Å². The Labute approximate surface area is 153 Å². The third kappa shape index (κ3) is 4.79. The minimum atomic E-state index is -0.620. The normalized spacial score (nSPS) is 16.8. The molecule has 0 radical (unpaired) electrons. The minimum Gasteiger partial charge on any atom is -0.463 e. The molecule has 1 aliphatic heterocycles. The van der Waals surface area contributed by atoms with E-state index in [-0.39, 0.29) is 30.0 Å². The lowest BCUT2D eigenvalue weighted by atomic mass is 10.0. The lowest BCUT2D eigenvalue weighted by Crippen LogP contribution is -2.51. The lowest BCUT2D eigenvalue weighted by molar-refractivity contribution is -0.139. The summed E-state index contributed by atoms with van der Waals surface area (Å²) >= 11 is 3.22. The van der Waals surface area contributed by atoms with Crippen LogP contribution in [0.2, 0.25) is 0 Å². The van der Waals surface area contributed by atoms with E-state index in [0.29, 0.717) is 10.9 Å². The molecular formula is C16H18BrN3O5. The Balaban J connectivity index is 2.21. The van der Waals surface area contributed by atoms with E-state index >= 15 is 0 Å². The molecule has 9 heteroatoms. The maximum absolute atomic E-state index is 12.2. The number of aromatic nitrogens is 1. The molecule has 2 heterocycles. The molecule has 1 aromatic heterocycles. The number of hydrogen-bond acceptors (Lipinski definition) is 6. The summed E-state index contributed by atoms with van der Waals surface area (Å²) in [5, 5.41) is 5.16. The van der Waals surface area contributed by atoms with Crippen LogP contribution >= 0.6 is 15.9 Å². The Morgan fingerprint density at radius 1 is 1.24 bits per heavy atom. The van der Waals surface area contributed by atoms with E-state index in [0.717, 1.165) is 0 Å². The van der Waals surface area contributed by atoms with Gasteiger partial charge in [-0.25, -0.2) is 14.4 Å². The number of urea groups is 1. The van der Waals surface area contributed by atoms with Crippen LogP contribution in [0.4, 0.5) is 4.79 Å². The second-order valence-corrected chi connectivity index (χ2v) is 6.06. The second-order valence-electron chi connectivity index (χ2n) is 5.14. The molecule has 0 aliphatic carbocycles. The molecule has 0 bridgehead atoms. The molecule has 0 unspecified atom stereocenters. The zero-order valence-electron chi connectivity index (χ0n) is 13.8. The molecule has 0 spiro atoms. The molecule has 1 atom stereocenters. The maximum atomic E-state index is 12.2. The number of esters is 2. The smallest absolute Gasteiger partial charge is 0.340 e. The number of halogens is 1. The van der Waals surface area contributed by atoms with Gasteiger partial charge in [-0.3, -0.25) is 4.98 Å². The molecule has 25 heavy (non-hydrogen) atoms. The fourth-order valence-electron chi connectivity index (χ4n) is 2.32. The zero-order valence-corrected chi connectivity index (χ0v) is 15.4. The van der Waals surface area contributed by atoms with E-state index in [9.17, 15) is 14.4 Å². The number of carbonyl (C=O) groups is 3. The average Bonchev–Trinajstić information content (AvgIpc) is 2.59.